The van der Waals surface area contributed by atoms with Crippen molar-refractivity contribution in [1.82, 2.24) is 14.1 Å². The summed E-state index contributed by atoms with van der Waals surface area (Å²) in [5.41, 5.74) is 0.368. The fourth-order valence-electron chi connectivity index (χ4n) is 3.60. The molecule has 0 unspecified atom stereocenters. The number of pyridine rings is 1. The number of aromatic nitrogens is 3. The summed E-state index contributed by atoms with van der Waals surface area (Å²) >= 11 is 0. The summed E-state index contributed by atoms with van der Waals surface area (Å²) < 4.78 is 7.57. The molecule has 1 fully saturated rings. The average molecular weight is 399 g/mol. The van der Waals surface area contributed by atoms with Crippen molar-refractivity contribution in [2.24, 2.45) is 0 Å². The molecule has 0 spiro atoms. The van der Waals surface area contributed by atoms with Gasteiger partial charge in [-0.2, -0.15) is 0 Å². The van der Waals surface area contributed by atoms with E-state index in [4.69, 9.17) is 4.74 Å². The Morgan fingerprint density at radius 1 is 1.14 bits per heavy atom. The second kappa shape index (κ2) is 7.53. The summed E-state index contributed by atoms with van der Waals surface area (Å²) in [6.07, 6.45) is -3.92. The maximum Gasteiger partial charge on any atom is 0.335 e. The van der Waals surface area contributed by atoms with E-state index in [0.29, 0.717) is 0 Å². The van der Waals surface area contributed by atoms with Gasteiger partial charge in [0.25, 0.3) is 5.56 Å². The van der Waals surface area contributed by atoms with Crippen molar-refractivity contribution in [1.29, 1.82) is 0 Å². The Balaban J connectivity index is 1.96. The molecule has 0 aliphatic carbocycles. The Kier molecular flexibility index (Phi) is 5.05. The van der Waals surface area contributed by atoms with Crippen LogP contribution in [0, 0.1) is 6.92 Å². The molecule has 0 bridgehead atoms. The predicted octanol–water partition coefficient (Wildman–Crippen LogP) is -0.474. The van der Waals surface area contributed by atoms with Gasteiger partial charge in [-0.15, -0.1) is 0 Å². The highest BCUT2D eigenvalue weighted by Gasteiger charge is 2.45. The van der Waals surface area contributed by atoms with E-state index in [-0.39, 0.29) is 17.6 Å². The molecule has 3 N–H and O–H groups in total. The van der Waals surface area contributed by atoms with Gasteiger partial charge in [0.2, 0.25) is 0 Å². The molecule has 1 saturated heterocycles. The Bertz CT molecular complexity index is 1160. The van der Waals surface area contributed by atoms with E-state index < -0.39 is 42.4 Å². The Hall–Kier alpha value is -2.85. The van der Waals surface area contributed by atoms with Crippen LogP contribution in [-0.2, 0) is 11.3 Å². The van der Waals surface area contributed by atoms with Crippen LogP contribution in [0.5, 0.6) is 0 Å². The number of aliphatic hydroxyl groups is 3. The van der Waals surface area contributed by atoms with Crippen molar-refractivity contribution in [3.05, 3.63) is 74.6 Å². The normalized spacial score (nSPS) is 24.3. The van der Waals surface area contributed by atoms with Crippen molar-refractivity contribution in [3.63, 3.8) is 0 Å². The van der Waals surface area contributed by atoms with E-state index in [1.165, 1.54) is 4.57 Å². The van der Waals surface area contributed by atoms with Crippen LogP contribution in [0.1, 0.15) is 17.4 Å². The lowest BCUT2D eigenvalue weighted by molar-refractivity contribution is -0.0566. The van der Waals surface area contributed by atoms with E-state index in [1.54, 1.807) is 19.2 Å². The number of hydrogen-bond acceptors (Lipinski definition) is 7. The van der Waals surface area contributed by atoms with Gasteiger partial charge in [0.15, 0.2) is 6.23 Å². The molecule has 3 aromatic rings. The molecule has 9 heteroatoms. The smallest absolute Gasteiger partial charge is 0.335 e. The summed E-state index contributed by atoms with van der Waals surface area (Å²) in [5.74, 6) is 0. The third-order valence-corrected chi connectivity index (χ3v) is 5.10. The van der Waals surface area contributed by atoms with Crippen LogP contribution < -0.4 is 11.2 Å². The molecule has 4 rings (SSSR count). The zero-order valence-electron chi connectivity index (χ0n) is 15.7. The summed E-state index contributed by atoms with van der Waals surface area (Å²) in [6, 6.07) is 10.8. The van der Waals surface area contributed by atoms with Gasteiger partial charge in [0.05, 0.1) is 18.5 Å². The predicted molar refractivity (Wildman–Crippen MR) is 104 cm³/mol. The van der Waals surface area contributed by atoms with Gasteiger partial charge in [0.1, 0.15) is 24.0 Å². The first-order valence-electron chi connectivity index (χ1n) is 9.20. The lowest BCUT2D eigenvalue weighted by atomic mass is 10.1. The summed E-state index contributed by atoms with van der Waals surface area (Å²) in [4.78, 5) is 30.7. The minimum atomic E-state index is -1.54. The van der Waals surface area contributed by atoms with Gasteiger partial charge in [-0.25, -0.2) is 14.3 Å². The Labute approximate surface area is 165 Å². The zero-order chi connectivity index (χ0) is 20.7. The van der Waals surface area contributed by atoms with E-state index in [2.05, 4.69) is 4.98 Å². The molecule has 4 atom stereocenters. The van der Waals surface area contributed by atoms with Crippen LogP contribution in [0.15, 0.2) is 52.2 Å². The number of aliphatic hydroxyl groups excluding tert-OH is 3. The lowest BCUT2D eigenvalue weighted by Gasteiger charge is -2.20. The molecule has 1 aromatic carbocycles. The van der Waals surface area contributed by atoms with Crippen molar-refractivity contribution in [3.8, 4) is 0 Å². The molecule has 0 amide bonds. The number of aryl methyl sites for hydroxylation is 1. The van der Waals surface area contributed by atoms with Gasteiger partial charge in [0, 0.05) is 6.20 Å². The SMILES string of the molecule is Cc1cnc2c(c1)c(=O)n([C@@H]1O[C@H](CO)[C@@H](O)[C@H]1O)c(=O)n2Cc1ccccc1. The lowest BCUT2D eigenvalue weighted by Crippen LogP contribution is -2.46. The second-order valence-corrected chi connectivity index (χ2v) is 7.14. The minimum Gasteiger partial charge on any atom is -0.394 e. The van der Waals surface area contributed by atoms with Crippen molar-refractivity contribution in [2.45, 2.75) is 38.0 Å². The van der Waals surface area contributed by atoms with Crippen LogP contribution >= 0.6 is 0 Å². The van der Waals surface area contributed by atoms with E-state index in [0.717, 1.165) is 15.7 Å². The monoisotopic (exact) mass is 399 g/mol. The number of benzene rings is 1. The van der Waals surface area contributed by atoms with E-state index in [9.17, 15) is 24.9 Å². The number of nitrogens with zero attached hydrogens (tertiary/aromatic N) is 3. The minimum absolute atomic E-state index is 0.154. The molecular weight excluding hydrogens is 378 g/mol. The largest absolute Gasteiger partial charge is 0.394 e. The van der Waals surface area contributed by atoms with Crippen molar-refractivity contribution in [2.75, 3.05) is 6.61 Å². The van der Waals surface area contributed by atoms with Gasteiger partial charge >= 0.3 is 5.69 Å². The van der Waals surface area contributed by atoms with Crippen molar-refractivity contribution >= 4 is 11.0 Å². The topological polar surface area (TPSA) is 127 Å². The summed E-state index contributed by atoms with van der Waals surface area (Å²) in [6.45, 7) is 1.37. The zero-order valence-corrected chi connectivity index (χ0v) is 15.7. The first-order chi connectivity index (χ1) is 13.9. The standard InChI is InChI=1S/C20H21N3O6/c1-11-7-13-17(21-8-11)22(9-12-5-3-2-4-6-12)20(28)23(18(13)27)19-16(26)15(25)14(10-24)29-19/h2-8,14-16,19,24-26H,9-10H2,1H3/t14-,15-,16-,19-/m1/s1. The van der Waals surface area contributed by atoms with Gasteiger partial charge in [-0.05, 0) is 24.1 Å². The molecule has 3 heterocycles. The second-order valence-electron chi connectivity index (χ2n) is 7.14. The molecule has 152 valence electrons. The fraction of sp³-hybridized carbons (Fsp3) is 0.350. The maximum atomic E-state index is 13.3. The first kappa shape index (κ1) is 19.5. The molecule has 0 saturated carbocycles. The Morgan fingerprint density at radius 3 is 2.52 bits per heavy atom. The van der Waals surface area contributed by atoms with Crippen LogP contribution in [0.25, 0.3) is 11.0 Å². The summed E-state index contributed by atoms with van der Waals surface area (Å²) in [7, 11) is 0. The summed E-state index contributed by atoms with van der Waals surface area (Å²) in [5, 5.41) is 30.0. The highest BCUT2D eigenvalue weighted by molar-refractivity contribution is 5.74. The van der Waals surface area contributed by atoms with E-state index in [1.807, 2.05) is 30.3 Å². The number of hydrogen-bond donors (Lipinski definition) is 3. The number of ether oxygens (including phenoxy) is 1. The number of fused-ring (bicyclic) bond motifs is 1. The van der Waals surface area contributed by atoms with E-state index >= 15 is 0 Å². The van der Waals surface area contributed by atoms with Crippen molar-refractivity contribution < 1.29 is 20.1 Å². The van der Waals surface area contributed by atoms with Gasteiger partial charge in [-0.1, -0.05) is 30.3 Å². The van der Waals surface area contributed by atoms with Crippen LogP contribution in [0.3, 0.4) is 0 Å². The first-order valence-corrected chi connectivity index (χ1v) is 9.20. The van der Waals surface area contributed by atoms with Gasteiger partial charge in [-0.3, -0.25) is 9.36 Å². The molecule has 2 aromatic heterocycles. The molecule has 1 aliphatic heterocycles. The Morgan fingerprint density at radius 2 is 1.86 bits per heavy atom. The molecule has 0 radical (unpaired) electrons. The number of rotatable bonds is 4. The highest BCUT2D eigenvalue weighted by atomic mass is 16.6. The maximum absolute atomic E-state index is 13.3. The van der Waals surface area contributed by atoms with Crippen LogP contribution in [0.2, 0.25) is 0 Å². The molecule has 29 heavy (non-hydrogen) atoms. The van der Waals surface area contributed by atoms with Crippen LogP contribution in [0.4, 0.5) is 0 Å². The molecular formula is C20H21N3O6. The average Bonchev–Trinajstić information content (AvgIpc) is 3.00. The van der Waals surface area contributed by atoms with Crippen LogP contribution in [-0.4, -0.2) is 54.4 Å². The fourth-order valence-corrected chi connectivity index (χ4v) is 3.60. The van der Waals surface area contributed by atoms with Gasteiger partial charge < -0.3 is 20.1 Å². The molecule has 9 nitrogen and oxygen atoms in total. The quantitative estimate of drug-likeness (QED) is 0.541. The highest BCUT2D eigenvalue weighted by Crippen LogP contribution is 2.27. The third-order valence-electron chi connectivity index (χ3n) is 5.10. The third kappa shape index (κ3) is 3.28. The molecule has 1 aliphatic rings.